The van der Waals surface area contributed by atoms with Gasteiger partial charge in [-0.2, -0.15) is 0 Å². The van der Waals surface area contributed by atoms with E-state index < -0.39 is 0 Å². The monoisotopic (exact) mass is 327 g/mol. The third-order valence-corrected chi connectivity index (χ3v) is 5.30. The summed E-state index contributed by atoms with van der Waals surface area (Å²) < 4.78 is 14.9. The van der Waals surface area contributed by atoms with Gasteiger partial charge in [0.2, 0.25) is 0 Å². The molecule has 0 radical (unpaired) electrons. The molecule has 0 spiro atoms. The molecule has 1 aliphatic carbocycles. The van der Waals surface area contributed by atoms with Gasteiger partial charge in [0.15, 0.2) is 0 Å². The molecule has 1 fully saturated rings. The van der Waals surface area contributed by atoms with Crippen molar-refractivity contribution in [3.05, 3.63) is 34.1 Å². The molecular formula is C16H23BrFN. The number of hydrogen-bond donors (Lipinski definition) is 1. The van der Waals surface area contributed by atoms with E-state index in [1.54, 1.807) is 6.07 Å². The molecule has 0 aromatic heterocycles. The van der Waals surface area contributed by atoms with E-state index >= 15 is 0 Å². The molecule has 1 aromatic carbocycles. The summed E-state index contributed by atoms with van der Waals surface area (Å²) in [5.74, 6) is 0.257. The van der Waals surface area contributed by atoms with Crippen molar-refractivity contribution >= 4 is 15.9 Å². The number of nitrogens with one attached hydrogen (secondary N) is 1. The van der Waals surface area contributed by atoms with Crippen LogP contribution in [0.3, 0.4) is 0 Å². The molecule has 0 bridgehead atoms. The predicted molar refractivity (Wildman–Crippen MR) is 81.9 cm³/mol. The Balaban J connectivity index is 2.18. The van der Waals surface area contributed by atoms with E-state index in [0.29, 0.717) is 12.0 Å². The molecule has 0 saturated heterocycles. The molecule has 1 aliphatic rings. The fourth-order valence-electron chi connectivity index (χ4n) is 3.25. The zero-order valence-corrected chi connectivity index (χ0v) is 13.6. The van der Waals surface area contributed by atoms with Gasteiger partial charge in [-0.05, 0) is 54.8 Å². The maximum absolute atomic E-state index is 14.1. The van der Waals surface area contributed by atoms with Crippen LogP contribution in [-0.2, 0) is 0 Å². The molecule has 1 N–H and O–H groups in total. The second-order valence-electron chi connectivity index (χ2n) is 5.82. The van der Waals surface area contributed by atoms with E-state index in [1.165, 1.54) is 0 Å². The van der Waals surface area contributed by atoms with Gasteiger partial charge < -0.3 is 5.32 Å². The minimum absolute atomic E-state index is 0.0759. The van der Waals surface area contributed by atoms with Crippen LogP contribution in [-0.4, -0.2) is 12.6 Å². The summed E-state index contributed by atoms with van der Waals surface area (Å²) in [6, 6.07) is 5.98. The Morgan fingerprint density at radius 2 is 2.16 bits per heavy atom. The lowest BCUT2D eigenvalue weighted by Crippen LogP contribution is -2.57. The molecule has 0 amide bonds. The van der Waals surface area contributed by atoms with Crippen molar-refractivity contribution in [3.8, 4) is 0 Å². The lowest BCUT2D eigenvalue weighted by molar-refractivity contribution is 0.0425. The first-order chi connectivity index (χ1) is 9.02. The van der Waals surface area contributed by atoms with Gasteiger partial charge in [-0.1, -0.05) is 42.8 Å². The van der Waals surface area contributed by atoms with Crippen LogP contribution in [0.1, 0.15) is 51.5 Å². The number of rotatable bonds is 5. The second kappa shape index (κ2) is 5.92. The van der Waals surface area contributed by atoms with Gasteiger partial charge in [-0.3, -0.25) is 0 Å². The molecule has 19 heavy (non-hydrogen) atoms. The summed E-state index contributed by atoms with van der Waals surface area (Å²) in [6.45, 7) is 7.73. The summed E-state index contributed by atoms with van der Waals surface area (Å²) in [7, 11) is 0. The topological polar surface area (TPSA) is 12.0 Å². The van der Waals surface area contributed by atoms with E-state index in [1.807, 2.05) is 12.1 Å². The molecule has 1 aromatic rings. The van der Waals surface area contributed by atoms with Crippen LogP contribution < -0.4 is 5.32 Å². The third kappa shape index (κ3) is 2.73. The highest BCUT2D eigenvalue weighted by Crippen LogP contribution is 2.55. The van der Waals surface area contributed by atoms with Gasteiger partial charge in [0, 0.05) is 10.5 Å². The van der Waals surface area contributed by atoms with E-state index in [9.17, 15) is 4.39 Å². The first-order valence-electron chi connectivity index (χ1n) is 7.21. The normalized spacial score (nSPS) is 30.2. The zero-order chi connectivity index (χ0) is 14.0. The van der Waals surface area contributed by atoms with E-state index in [4.69, 9.17) is 0 Å². The molecular weight excluding hydrogens is 305 g/mol. The second-order valence-corrected chi connectivity index (χ2v) is 6.74. The summed E-state index contributed by atoms with van der Waals surface area (Å²) in [5.41, 5.74) is 1.05. The molecule has 3 heteroatoms. The predicted octanol–water partition coefficient (Wildman–Crippen LogP) is 4.86. The van der Waals surface area contributed by atoms with E-state index in [0.717, 1.165) is 35.8 Å². The van der Waals surface area contributed by atoms with Crippen LogP contribution in [0.5, 0.6) is 0 Å². The van der Waals surface area contributed by atoms with E-state index in [-0.39, 0.29) is 11.2 Å². The lowest BCUT2D eigenvalue weighted by atomic mass is 9.54. The fourth-order valence-corrected chi connectivity index (χ4v) is 3.58. The van der Waals surface area contributed by atoms with Crippen LogP contribution in [0.15, 0.2) is 22.7 Å². The third-order valence-electron chi connectivity index (χ3n) is 4.80. The van der Waals surface area contributed by atoms with Crippen LogP contribution in [0.4, 0.5) is 4.39 Å². The summed E-state index contributed by atoms with van der Waals surface area (Å²) in [4.78, 5) is 0. The number of halogens is 2. The average molecular weight is 328 g/mol. The molecule has 0 aliphatic heterocycles. The molecule has 3 atom stereocenters. The van der Waals surface area contributed by atoms with Crippen LogP contribution in [0.2, 0.25) is 0 Å². The van der Waals surface area contributed by atoms with Crippen LogP contribution in [0.25, 0.3) is 0 Å². The smallest absolute Gasteiger partial charge is 0.127 e. The Morgan fingerprint density at radius 3 is 2.74 bits per heavy atom. The van der Waals surface area contributed by atoms with Crippen LogP contribution in [0, 0.1) is 11.2 Å². The highest BCUT2D eigenvalue weighted by Gasteiger charge is 2.51. The minimum atomic E-state index is -0.0759. The fraction of sp³-hybridized carbons (Fsp3) is 0.625. The van der Waals surface area contributed by atoms with Crippen LogP contribution >= 0.6 is 15.9 Å². The van der Waals surface area contributed by atoms with Gasteiger partial charge in [-0.15, -0.1) is 0 Å². The Kier molecular flexibility index (Phi) is 4.67. The maximum atomic E-state index is 14.1. The highest BCUT2D eigenvalue weighted by atomic mass is 79.9. The molecule has 106 valence electrons. The first-order valence-corrected chi connectivity index (χ1v) is 8.00. The highest BCUT2D eigenvalue weighted by molar-refractivity contribution is 9.10. The van der Waals surface area contributed by atoms with Crippen molar-refractivity contribution in [1.82, 2.24) is 5.32 Å². The summed E-state index contributed by atoms with van der Waals surface area (Å²) in [6.07, 6.45) is 3.27. The Bertz CT molecular complexity index is 448. The Labute approximate surface area is 124 Å². The lowest BCUT2D eigenvalue weighted by Gasteiger charge is -2.55. The van der Waals surface area contributed by atoms with Crippen molar-refractivity contribution < 1.29 is 4.39 Å². The van der Waals surface area contributed by atoms with Crippen molar-refractivity contribution in [2.45, 2.75) is 52.0 Å². The Hall–Kier alpha value is -0.410. The zero-order valence-electron chi connectivity index (χ0n) is 12.0. The maximum Gasteiger partial charge on any atom is 0.127 e. The first kappa shape index (κ1) is 15.0. The van der Waals surface area contributed by atoms with Gasteiger partial charge >= 0.3 is 0 Å². The molecule has 2 rings (SSSR count). The average Bonchev–Trinajstić information content (AvgIpc) is 2.38. The van der Waals surface area contributed by atoms with Gasteiger partial charge in [-0.25, -0.2) is 4.39 Å². The minimum Gasteiger partial charge on any atom is -0.313 e. The van der Waals surface area contributed by atoms with Crippen molar-refractivity contribution in [3.63, 3.8) is 0 Å². The number of hydrogen-bond acceptors (Lipinski definition) is 1. The number of benzene rings is 1. The molecule has 3 unspecified atom stereocenters. The Morgan fingerprint density at radius 1 is 1.42 bits per heavy atom. The summed E-state index contributed by atoms with van der Waals surface area (Å²) >= 11 is 3.32. The van der Waals surface area contributed by atoms with Crippen molar-refractivity contribution in [1.29, 1.82) is 0 Å². The van der Waals surface area contributed by atoms with Gasteiger partial charge in [0.1, 0.15) is 5.82 Å². The SMILES string of the molecule is CCCNC1CC(c2ccc(Br)cc2F)C1(C)CC. The molecule has 1 nitrogen and oxygen atoms in total. The van der Waals surface area contributed by atoms with Gasteiger partial charge in [0.05, 0.1) is 0 Å². The van der Waals surface area contributed by atoms with Crippen molar-refractivity contribution in [2.75, 3.05) is 6.54 Å². The van der Waals surface area contributed by atoms with Gasteiger partial charge in [0.25, 0.3) is 0 Å². The standard InChI is InChI=1S/C16H23BrFN/c1-4-8-19-15-10-13(16(15,3)5-2)12-7-6-11(17)9-14(12)18/h6-7,9,13,15,19H,4-5,8,10H2,1-3H3. The quantitative estimate of drug-likeness (QED) is 0.814. The van der Waals surface area contributed by atoms with E-state index in [2.05, 4.69) is 42.0 Å². The largest absolute Gasteiger partial charge is 0.313 e. The molecule has 0 heterocycles. The summed E-state index contributed by atoms with van der Waals surface area (Å²) in [5, 5.41) is 3.61. The van der Waals surface area contributed by atoms with Crippen molar-refractivity contribution in [2.24, 2.45) is 5.41 Å². The molecule has 1 saturated carbocycles.